The van der Waals surface area contributed by atoms with E-state index in [4.69, 9.17) is 19.2 Å². The Hall–Kier alpha value is -2.65. The number of thiazole rings is 1. The number of nitrogens with zero attached hydrogens (tertiary/aromatic N) is 5. The number of rotatable bonds is 5. The van der Waals surface area contributed by atoms with Gasteiger partial charge in [-0.25, -0.2) is 9.97 Å². The van der Waals surface area contributed by atoms with Crippen LogP contribution in [-0.4, -0.2) is 56.5 Å². The van der Waals surface area contributed by atoms with E-state index in [2.05, 4.69) is 29.0 Å². The van der Waals surface area contributed by atoms with Crippen molar-refractivity contribution in [2.45, 2.75) is 89.2 Å². The fraction of sp³-hybridized carbons (Fsp3) is 0.593. The van der Waals surface area contributed by atoms with Crippen molar-refractivity contribution < 1.29 is 14.1 Å². The van der Waals surface area contributed by atoms with Crippen molar-refractivity contribution in [3.8, 4) is 28.8 Å². The lowest BCUT2D eigenvalue weighted by atomic mass is 9.64. The molecule has 6 rings (SSSR count). The Morgan fingerprint density at radius 1 is 1.14 bits per heavy atom. The molecule has 0 aromatic carbocycles. The van der Waals surface area contributed by atoms with Crippen molar-refractivity contribution in [2.75, 3.05) is 13.6 Å². The number of likely N-dealkylation sites (tertiary alicyclic amines) is 1. The van der Waals surface area contributed by atoms with Crippen molar-refractivity contribution in [1.82, 2.24) is 25.0 Å². The normalized spacial score (nSPS) is 25.3. The van der Waals surface area contributed by atoms with E-state index >= 15 is 0 Å². The quantitative estimate of drug-likeness (QED) is 0.468. The number of hydrogen-bond acceptors (Lipinski definition) is 9. The van der Waals surface area contributed by atoms with E-state index in [0.717, 1.165) is 73.5 Å². The van der Waals surface area contributed by atoms with Crippen molar-refractivity contribution >= 4 is 17.1 Å². The van der Waals surface area contributed by atoms with Gasteiger partial charge in [0.05, 0.1) is 16.1 Å². The largest absolute Gasteiger partial charge is 0.473 e. The SMILES string of the molecule is Cc1nc(-c2cc(O[C@@H](C)[C@@H]3CCCN3C)nc(-c3noc4c3CCC[C@@]43CCCCC3=O)n2)cs1. The molecule has 0 amide bonds. The summed E-state index contributed by atoms with van der Waals surface area (Å²) in [7, 11) is 2.15. The number of carbonyl (C=O) groups excluding carboxylic acids is 1. The van der Waals surface area contributed by atoms with Gasteiger partial charge in [-0.15, -0.1) is 11.3 Å². The molecule has 2 aliphatic carbocycles. The van der Waals surface area contributed by atoms with Crippen LogP contribution in [-0.2, 0) is 16.6 Å². The molecule has 2 fully saturated rings. The lowest BCUT2D eigenvalue weighted by Gasteiger charge is -2.36. The Bertz CT molecular complexity index is 1290. The Balaban J connectivity index is 1.41. The van der Waals surface area contributed by atoms with Crippen LogP contribution in [0.15, 0.2) is 16.0 Å². The average Bonchev–Trinajstić information content (AvgIpc) is 3.61. The summed E-state index contributed by atoms with van der Waals surface area (Å²) in [6, 6.07) is 2.23. The van der Waals surface area contributed by atoms with E-state index in [9.17, 15) is 4.79 Å². The van der Waals surface area contributed by atoms with Crippen LogP contribution in [0.25, 0.3) is 22.9 Å². The van der Waals surface area contributed by atoms with E-state index < -0.39 is 5.41 Å². The van der Waals surface area contributed by atoms with E-state index in [-0.39, 0.29) is 6.10 Å². The maximum Gasteiger partial charge on any atom is 0.217 e. The van der Waals surface area contributed by atoms with Gasteiger partial charge in [0.15, 0.2) is 17.3 Å². The molecule has 3 aromatic rings. The summed E-state index contributed by atoms with van der Waals surface area (Å²) in [5.74, 6) is 2.04. The molecular weight excluding hydrogens is 474 g/mol. The van der Waals surface area contributed by atoms with Gasteiger partial charge in [-0.2, -0.15) is 4.98 Å². The minimum atomic E-state index is -0.526. The lowest BCUT2D eigenvalue weighted by Crippen LogP contribution is -2.41. The Morgan fingerprint density at radius 2 is 2.00 bits per heavy atom. The van der Waals surface area contributed by atoms with Gasteiger partial charge < -0.3 is 9.26 Å². The van der Waals surface area contributed by atoms with E-state index in [1.54, 1.807) is 11.3 Å². The fourth-order valence-electron chi connectivity index (χ4n) is 6.37. The summed E-state index contributed by atoms with van der Waals surface area (Å²) >= 11 is 1.59. The molecule has 0 unspecified atom stereocenters. The minimum Gasteiger partial charge on any atom is -0.473 e. The molecule has 1 saturated carbocycles. The van der Waals surface area contributed by atoms with Gasteiger partial charge in [0, 0.05) is 29.5 Å². The number of ketones is 1. The van der Waals surface area contributed by atoms with Crippen LogP contribution in [0.5, 0.6) is 5.88 Å². The molecule has 1 saturated heterocycles. The number of ether oxygens (including phenoxy) is 1. The van der Waals surface area contributed by atoms with Crippen molar-refractivity contribution in [2.24, 2.45) is 0 Å². The van der Waals surface area contributed by atoms with E-state index in [1.807, 2.05) is 18.4 Å². The predicted octanol–water partition coefficient (Wildman–Crippen LogP) is 5.14. The number of aryl methyl sites for hydroxylation is 1. The van der Waals surface area contributed by atoms with E-state index in [1.165, 1.54) is 6.42 Å². The third-order valence-corrected chi connectivity index (χ3v) is 9.04. The minimum absolute atomic E-state index is 0.0142. The molecule has 8 nitrogen and oxygen atoms in total. The highest BCUT2D eigenvalue weighted by molar-refractivity contribution is 7.09. The first kappa shape index (κ1) is 23.7. The van der Waals surface area contributed by atoms with Crippen LogP contribution in [0.2, 0.25) is 0 Å². The highest BCUT2D eigenvalue weighted by Gasteiger charge is 2.48. The van der Waals surface area contributed by atoms with Gasteiger partial charge >= 0.3 is 0 Å². The topological polar surface area (TPSA) is 94.2 Å². The predicted molar refractivity (Wildman–Crippen MR) is 137 cm³/mol. The molecule has 0 radical (unpaired) electrons. The molecule has 36 heavy (non-hydrogen) atoms. The number of Topliss-reactive ketones (excluding diaryl/α,β-unsaturated/α-hetero) is 1. The molecule has 4 heterocycles. The lowest BCUT2D eigenvalue weighted by molar-refractivity contribution is -0.128. The number of hydrogen-bond donors (Lipinski definition) is 0. The van der Waals surface area contributed by atoms with Gasteiger partial charge in [-0.1, -0.05) is 11.6 Å². The van der Waals surface area contributed by atoms with E-state index in [0.29, 0.717) is 41.3 Å². The molecule has 3 aliphatic rings. The van der Waals surface area contributed by atoms with Gasteiger partial charge in [0.1, 0.15) is 17.6 Å². The first-order valence-electron chi connectivity index (χ1n) is 13.2. The van der Waals surface area contributed by atoms with Crippen molar-refractivity contribution in [3.05, 3.63) is 27.8 Å². The Labute approximate surface area is 215 Å². The number of carbonyl (C=O) groups is 1. The highest BCUT2D eigenvalue weighted by Crippen LogP contribution is 2.47. The number of aromatic nitrogens is 4. The maximum absolute atomic E-state index is 13.1. The molecule has 3 aromatic heterocycles. The summed E-state index contributed by atoms with van der Waals surface area (Å²) in [4.78, 5) is 29.8. The van der Waals surface area contributed by atoms with Crippen molar-refractivity contribution in [3.63, 3.8) is 0 Å². The standard InChI is InChI=1S/C27H33N5O3S/c1-16(21-9-7-13-32(21)3)34-23-14-19(20-15-36-17(2)28-20)29-26(30-23)24-18-8-6-12-27(25(18)35-31-24)11-5-4-10-22(27)33/h14-16,21H,4-13H2,1-3H3/t16-,21-,27+/m0/s1. The second-order valence-corrected chi connectivity index (χ2v) is 11.6. The van der Waals surface area contributed by atoms with Gasteiger partial charge in [-0.3, -0.25) is 9.69 Å². The zero-order valence-electron chi connectivity index (χ0n) is 21.2. The zero-order chi connectivity index (χ0) is 24.9. The summed E-state index contributed by atoms with van der Waals surface area (Å²) in [5.41, 5.74) is 2.60. The number of likely N-dealkylation sites (N-methyl/N-ethyl adjacent to an activating group) is 1. The number of fused-ring (bicyclic) bond motifs is 2. The molecule has 0 N–H and O–H groups in total. The van der Waals surface area contributed by atoms with Crippen molar-refractivity contribution in [1.29, 1.82) is 0 Å². The third-order valence-electron chi connectivity index (χ3n) is 8.27. The first-order valence-corrected chi connectivity index (χ1v) is 14.0. The summed E-state index contributed by atoms with van der Waals surface area (Å²) in [6.07, 6.45) is 8.33. The Kier molecular flexibility index (Phi) is 6.16. The molecule has 9 heteroatoms. The third kappa shape index (κ3) is 4.06. The first-order chi connectivity index (χ1) is 17.4. The summed E-state index contributed by atoms with van der Waals surface area (Å²) < 4.78 is 12.4. The molecule has 1 aliphatic heterocycles. The molecule has 0 bridgehead atoms. The van der Waals surface area contributed by atoms with Gasteiger partial charge in [0.25, 0.3) is 0 Å². The average molecular weight is 508 g/mol. The zero-order valence-corrected chi connectivity index (χ0v) is 22.1. The second kappa shape index (κ2) is 9.34. The van der Waals surface area contributed by atoms with Crippen LogP contribution in [0.4, 0.5) is 0 Å². The van der Waals surface area contributed by atoms with Crippen LogP contribution in [0.1, 0.15) is 74.6 Å². The van der Waals surface area contributed by atoms with Crippen LogP contribution >= 0.6 is 11.3 Å². The van der Waals surface area contributed by atoms with Crippen LogP contribution in [0.3, 0.4) is 0 Å². The molecule has 190 valence electrons. The smallest absolute Gasteiger partial charge is 0.217 e. The molecule has 1 spiro atoms. The summed E-state index contributed by atoms with van der Waals surface area (Å²) in [5, 5.41) is 7.45. The fourth-order valence-corrected chi connectivity index (χ4v) is 6.98. The van der Waals surface area contributed by atoms with Crippen LogP contribution < -0.4 is 4.74 Å². The second-order valence-electron chi connectivity index (χ2n) is 10.6. The maximum atomic E-state index is 13.1. The van der Waals surface area contributed by atoms with Gasteiger partial charge in [-0.05, 0) is 72.4 Å². The summed E-state index contributed by atoms with van der Waals surface area (Å²) in [6.45, 7) is 5.18. The highest BCUT2D eigenvalue weighted by atomic mass is 32.1. The Morgan fingerprint density at radius 3 is 2.75 bits per heavy atom. The molecule has 3 atom stereocenters. The van der Waals surface area contributed by atoms with Crippen LogP contribution in [0, 0.1) is 6.92 Å². The van der Waals surface area contributed by atoms with Gasteiger partial charge in [0.2, 0.25) is 5.88 Å². The molecular formula is C27H33N5O3S. The monoisotopic (exact) mass is 507 g/mol.